The number of aliphatic hydroxyl groups excluding tert-OH is 1. The van der Waals surface area contributed by atoms with Gasteiger partial charge >= 0.3 is 0 Å². The topological polar surface area (TPSA) is 74.3 Å². The quantitative estimate of drug-likeness (QED) is 0.692. The summed E-state index contributed by atoms with van der Waals surface area (Å²) in [7, 11) is 1.54. The van der Waals surface area contributed by atoms with Crippen LogP contribution in [0.5, 0.6) is 5.75 Å². The van der Waals surface area contributed by atoms with E-state index in [9.17, 15) is 9.90 Å². The zero-order chi connectivity index (χ0) is 16.4. The number of carbonyl (C=O) groups excluding carboxylic acids is 1. The van der Waals surface area contributed by atoms with E-state index in [2.05, 4.69) is 10.3 Å². The largest absolute Gasteiger partial charge is 0.496 e. The third-order valence-electron chi connectivity index (χ3n) is 3.73. The van der Waals surface area contributed by atoms with E-state index in [-0.39, 0.29) is 12.5 Å². The smallest absolute Gasteiger partial charge is 0.272 e. The van der Waals surface area contributed by atoms with Gasteiger partial charge in [-0.3, -0.25) is 4.79 Å². The maximum Gasteiger partial charge on any atom is 0.272 e. The van der Waals surface area contributed by atoms with Crippen LogP contribution in [0.25, 0.3) is 10.9 Å². The molecule has 0 aliphatic rings. The van der Waals surface area contributed by atoms with Crippen molar-refractivity contribution in [3.63, 3.8) is 0 Å². The second kappa shape index (κ2) is 6.14. The monoisotopic (exact) mass is 310 g/mol. The molecule has 2 aromatic carbocycles. The van der Waals surface area contributed by atoms with Crippen molar-refractivity contribution >= 4 is 22.5 Å². The zero-order valence-corrected chi connectivity index (χ0v) is 13.0. The molecule has 0 atom stereocenters. The van der Waals surface area contributed by atoms with Gasteiger partial charge in [-0.1, -0.05) is 12.1 Å². The third kappa shape index (κ3) is 3.05. The average molecular weight is 310 g/mol. The number of hydrogen-bond acceptors (Lipinski definition) is 3. The van der Waals surface area contributed by atoms with Gasteiger partial charge in [0.1, 0.15) is 11.4 Å². The lowest BCUT2D eigenvalue weighted by Gasteiger charge is -2.09. The summed E-state index contributed by atoms with van der Waals surface area (Å²) >= 11 is 0. The number of anilines is 1. The van der Waals surface area contributed by atoms with Gasteiger partial charge in [-0.05, 0) is 42.8 Å². The summed E-state index contributed by atoms with van der Waals surface area (Å²) in [5, 5.41) is 13.2. The van der Waals surface area contributed by atoms with Gasteiger partial charge in [0.05, 0.1) is 13.7 Å². The number of aromatic amines is 1. The fourth-order valence-corrected chi connectivity index (χ4v) is 2.54. The molecule has 5 nitrogen and oxygen atoms in total. The Balaban J connectivity index is 1.85. The van der Waals surface area contributed by atoms with Crippen molar-refractivity contribution in [2.75, 3.05) is 12.4 Å². The molecule has 0 saturated heterocycles. The number of carbonyl (C=O) groups is 1. The fourth-order valence-electron chi connectivity index (χ4n) is 2.54. The molecule has 118 valence electrons. The number of benzene rings is 2. The van der Waals surface area contributed by atoms with E-state index in [1.807, 2.05) is 31.2 Å². The van der Waals surface area contributed by atoms with Crippen LogP contribution in [0, 0.1) is 6.92 Å². The van der Waals surface area contributed by atoms with Gasteiger partial charge in [-0.15, -0.1) is 0 Å². The molecule has 0 radical (unpaired) electrons. The molecule has 3 N–H and O–H groups in total. The molecule has 0 spiro atoms. The second-order valence-electron chi connectivity index (χ2n) is 5.41. The summed E-state index contributed by atoms with van der Waals surface area (Å²) in [5.41, 5.74) is 3.79. The van der Waals surface area contributed by atoms with E-state index in [1.54, 1.807) is 25.3 Å². The van der Waals surface area contributed by atoms with Crippen LogP contribution in [0.15, 0.2) is 42.5 Å². The Morgan fingerprint density at radius 3 is 2.78 bits per heavy atom. The van der Waals surface area contributed by atoms with Crippen LogP contribution in [-0.4, -0.2) is 23.1 Å². The van der Waals surface area contributed by atoms with E-state index in [0.717, 1.165) is 16.5 Å². The van der Waals surface area contributed by atoms with Gasteiger partial charge in [-0.2, -0.15) is 0 Å². The molecule has 0 unspecified atom stereocenters. The van der Waals surface area contributed by atoms with Crippen LogP contribution in [-0.2, 0) is 6.61 Å². The molecular formula is C18H18N2O3. The van der Waals surface area contributed by atoms with Crippen LogP contribution in [0.4, 0.5) is 5.69 Å². The highest BCUT2D eigenvalue weighted by atomic mass is 16.5. The molecule has 1 amide bonds. The number of hydrogen-bond donors (Lipinski definition) is 3. The highest BCUT2D eigenvalue weighted by Gasteiger charge is 2.11. The van der Waals surface area contributed by atoms with Gasteiger partial charge in [0.2, 0.25) is 0 Å². The number of ether oxygens (including phenoxy) is 1. The lowest BCUT2D eigenvalue weighted by molar-refractivity contribution is 0.102. The van der Waals surface area contributed by atoms with Crippen molar-refractivity contribution in [3.8, 4) is 5.75 Å². The molecule has 23 heavy (non-hydrogen) atoms. The summed E-state index contributed by atoms with van der Waals surface area (Å²) in [4.78, 5) is 15.5. The summed E-state index contributed by atoms with van der Waals surface area (Å²) in [6, 6.07) is 13.0. The Morgan fingerprint density at radius 1 is 1.22 bits per heavy atom. The Hall–Kier alpha value is -2.79. The minimum absolute atomic E-state index is 0.154. The highest BCUT2D eigenvalue weighted by molar-refractivity contribution is 6.06. The molecule has 0 saturated carbocycles. The van der Waals surface area contributed by atoms with E-state index < -0.39 is 0 Å². The lowest BCUT2D eigenvalue weighted by Crippen LogP contribution is -2.12. The lowest BCUT2D eigenvalue weighted by atomic mass is 10.2. The predicted octanol–water partition coefficient (Wildman–Crippen LogP) is 3.23. The van der Waals surface area contributed by atoms with Crippen LogP contribution < -0.4 is 10.1 Å². The second-order valence-corrected chi connectivity index (χ2v) is 5.41. The predicted molar refractivity (Wildman–Crippen MR) is 89.9 cm³/mol. The Labute approximate surface area is 133 Å². The molecule has 3 rings (SSSR count). The Bertz CT molecular complexity index is 868. The van der Waals surface area contributed by atoms with E-state index in [0.29, 0.717) is 22.7 Å². The molecule has 5 heteroatoms. The number of aliphatic hydroxyl groups is 1. The van der Waals surface area contributed by atoms with Crippen LogP contribution in [0.1, 0.15) is 21.6 Å². The third-order valence-corrected chi connectivity index (χ3v) is 3.73. The van der Waals surface area contributed by atoms with Gasteiger partial charge in [0, 0.05) is 22.2 Å². The number of H-pyrrole nitrogens is 1. The fraction of sp³-hybridized carbons (Fsp3) is 0.167. The normalized spacial score (nSPS) is 10.7. The van der Waals surface area contributed by atoms with Crippen molar-refractivity contribution in [1.29, 1.82) is 0 Å². The van der Waals surface area contributed by atoms with Gasteiger partial charge < -0.3 is 20.1 Å². The van der Waals surface area contributed by atoms with Crippen molar-refractivity contribution in [1.82, 2.24) is 4.98 Å². The summed E-state index contributed by atoms with van der Waals surface area (Å²) in [6.45, 7) is 1.85. The Kier molecular flexibility index (Phi) is 4.04. The van der Waals surface area contributed by atoms with E-state index >= 15 is 0 Å². The Morgan fingerprint density at radius 2 is 2.04 bits per heavy atom. The summed E-state index contributed by atoms with van der Waals surface area (Å²) in [6.07, 6.45) is 0. The molecule has 0 bridgehead atoms. The van der Waals surface area contributed by atoms with E-state index in [1.165, 1.54) is 0 Å². The van der Waals surface area contributed by atoms with Crippen molar-refractivity contribution in [2.45, 2.75) is 13.5 Å². The number of nitrogens with one attached hydrogen (secondary N) is 2. The maximum absolute atomic E-state index is 12.4. The number of aryl methyl sites for hydroxylation is 1. The first kappa shape index (κ1) is 15.1. The molecule has 3 aromatic rings. The van der Waals surface area contributed by atoms with Crippen molar-refractivity contribution in [2.24, 2.45) is 0 Å². The first-order valence-electron chi connectivity index (χ1n) is 7.29. The first-order valence-corrected chi connectivity index (χ1v) is 7.29. The number of methoxy groups -OCH3 is 1. The molecule has 0 fully saturated rings. The summed E-state index contributed by atoms with van der Waals surface area (Å²) < 4.78 is 5.15. The highest BCUT2D eigenvalue weighted by Crippen LogP contribution is 2.23. The van der Waals surface area contributed by atoms with E-state index in [4.69, 9.17) is 4.74 Å². The first-order chi connectivity index (χ1) is 11.1. The number of amides is 1. The zero-order valence-electron chi connectivity index (χ0n) is 13.0. The number of aromatic nitrogens is 1. The van der Waals surface area contributed by atoms with Crippen LogP contribution in [0.2, 0.25) is 0 Å². The molecule has 0 aliphatic carbocycles. The molecule has 0 aliphatic heterocycles. The van der Waals surface area contributed by atoms with Crippen molar-refractivity contribution in [3.05, 3.63) is 59.3 Å². The minimum Gasteiger partial charge on any atom is -0.496 e. The van der Waals surface area contributed by atoms with Gasteiger partial charge in [-0.25, -0.2) is 0 Å². The van der Waals surface area contributed by atoms with Gasteiger partial charge in [0.25, 0.3) is 5.91 Å². The standard InChI is InChI=1S/C18H18N2O3/c1-11-3-4-12-9-16(20-15(12)7-11)18(22)19-14-5-6-17(23-2)13(8-14)10-21/h3-9,20-21H,10H2,1-2H3,(H,19,22). The van der Waals surface area contributed by atoms with Crippen LogP contribution in [0.3, 0.4) is 0 Å². The average Bonchev–Trinajstić information content (AvgIpc) is 2.97. The van der Waals surface area contributed by atoms with Gasteiger partial charge in [0.15, 0.2) is 0 Å². The number of fused-ring (bicyclic) bond motifs is 1. The van der Waals surface area contributed by atoms with Crippen molar-refractivity contribution < 1.29 is 14.6 Å². The summed E-state index contributed by atoms with van der Waals surface area (Å²) in [5.74, 6) is 0.361. The SMILES string of the molecule is COc1ccc(NC(=O)c2cc3ccc(C)cc3[nH]2)cc1CO. The minimum atomic E-state index is -0.229. The van der Waals surface area contributed by atoms with Crippen LogP contribution >= 0.6 is 0 Å². The maximum atomic E-state index is 12.4. The molecule has 1 aromatic heterocycles. The molecular weight excluding hydrogens is 292 g/mol. The molecule has 1 heterocycles. The number of rotatable bonds is 4.